The third-order valence-corrected chi connectivity index (χ3v) is 4.89. The van der Waals surface area contributed by atoms with Crippen molar-refractivity contribution in [1.82, 2.24) is 0 Å². The first-order valence-corrected chi connectivity index (χ1v) is 7.70. The van der Waals surface area contributed by atoms with Crippen molar-refractivity contribution in [2.24, 2.45) is 0 Å². The molecule has 1 aliphatic heterocycles. The molecule has 0 aromatic heterocycles. The summed E-state index contributed by atoms with van der Waals surface area (Å²) in [6.45, 7) is 0. The van der Waals surface area contributed by atoms with Crippen LogP contribution in [0.25, 0.3) is 0 Å². The predicted octanol–water partition coefficient (Wildman–Crippen LogP) is 4.48. The molecule has 0 spiro atoms. The standard InChI is InChI=1S/C16H12ClFOS/c17-11-6-5-10(14(18)8-11)7-15(19)13-9-20-16-4-2-1-3-12(13)16/h1-6,8,13H,7,9H2. The molecule has 0 bridgehead atoms. The highest BCUT2D eigenvalue weighted by molar-refractivity contribution is 7.99. The van der Waals surface area contributed by atoms with Gasteiger partial charge in [0.15, 0.2) is 0 Å². The number of carbonyl (C=O) groups is 1. The molecule has 0 aliphatic carbocycles. The minimum atomic E-state index is -0.412. The molecule has 0 fully saturated rings. The molecule has 1 unspecified atom stereocenters. The Morgan fingerprint density at radius 3 is 2.90 bits per heavy atom. The van der Waals surface area contributed by atoms with Gasteiger partial charge in [0.05, 0.1) is 5.92 Å². The van der Waals surface area contributed by atoms with Crippen LogP contribution in [-0.2, 0) is 11.2 Å². The number of hydrogen-bond donors (Lipinski definition) is 0. The van der Waals surface area contributed by atoms with Gasteiger partial charge in [0.1, 0.15) is 11.6 Å². The molecule has 20 heavy (non-hydrogen) atoms. The van der Waals surface area contributed by atoms with Gasteiger partial charge < -0.3 is 0 Å². The van der Waals surface area contributed by atoms with Crippen LogP contribution in [0.15, 0.2) is 47.4 Å². The lowest BCUT2D eigenvalue weighted by molar-refractivity contribution is -0.119. The van der Waals surface area contributed by atoms with Crippen molar-refractivity contribution in [3.05, 3.63) is 64.4 Å². The molecule has 2 aromatic rings. The Morgan fingerprint density at radius 2 is 2.10 bits per heavy atom. The first-order chi connectivity index (χ1) is 9.65. The van der Waals surface area contributed by atoms with E-state index in [1.807, 2.05) is 24.3 Å². The minimum Gasteiger partial charge on any atom is -0.299 e. The summed E-state index contributed by atoms with van der Waals surface area (Å²) in [6, 6.07) is 12.4. The predicted molar refractivity (Wildman–Crippen MR) is 80.0 cm³/mol. The molecule has 0 saturated carbocycles. The normalized spacial score (nSPS) is 17.0. The maximum Gasteiger partial charge on any atom is 0.145 e. The second kappa shape index (κ2) is 5.58. The van der Waals surface area contributed by atoms with E-state index in [9.17, 15) is 9.18 Å². The first kappa shape index (κ1) is 13.7. The van der Waals surface area contributed by atoms with E-state index in [2.05, 4.69) is 0 Å². The number of ketones is 1. The van der Waals surface area contributed by atoms with Gasteiger partial charge in [-0.05, 0) is 29.3 Å². The topological polar surface area (TPSA) is 17.1 Å². The van der Waals surface area contributed by atoms with Gasteiger partial charge in [0.2, 0.25) is 0 Å². The van der Waals surface area contributed by atoms with Gasteiger partial charge in [-0.2, -0.15) is 0 Å². The Labute approximate surface area is 126 Å². The highest BCUT2D eigenvalue weighted by Crippen LogP contribution is 2.40. The summed E-state index contributed by atoms with van der Waals surface area (Å²) in [4.78, 5) is 13.6. The number of carbonyl (C=O) groups excluding carboxylic acids is 1. The van der Waals surface area contributed by atoms with E-state index in [4.69, 9.17) is 11.6 Å². The maximum atomic E-state index is 13.8. The zero-order valence-corrected chi connectivity index (χ0v) is 12.2. The van der Waals surface area contributed by atoms with Crippen LogP contribution in [0.3, 0.4) is 0 Å². The lowest BCUT2D eigenvalue weighted by Crippen LogP contribution is -2.15. The highest BCUT2D eigenvalue weighted by atomic mass is 35.5. The Hall–Kier alpha value is -1.32. The van der Waals surface area contributed by atoms with Crippen LogP contribution in [0.1, 0.15) is 17.0 Å². The van der Waals surface area contributed by atoms with Crippen LogP contribution in [0.5, 0.6) is 0 Å². The quantitative estimate of drug-likeness (QED) is 0.831. The van der Waals surface area contributed by atoms with Crippen molar-refractivity contribution in [3.63, 3.8) is 0 Å². The molecule has 0 saturated heterocycles. The van der Waals surface area contributed by atoms with E-state index in [0.717, 1.165) is 16.2 Å². The lowest BCUT2D eigenvalue weighted by Gasteiger charge is -2.10. The fourth-order valence-corrected chi connectivity index (χ4v) is 3.83. The monoisotopic (exact) mass is 306 g/mol. The van der Waals surface area contributed by atoms with Crippen molar-refractivity contribution in [3.8, 4) is 0 Å². The summed E-state index contributed by atoms with van der Waals surface area (Å²) < 4.78 is 13.8. The van der Waals surface area contributed by atoms with Gasteiger partial charge in [-0.25, -0.2) is 4.39 Å². The largest absolute Gasteiger partial charge is 0.299 e. The minimum absolute atomic E-state index is 0.0590. The number of rotatable bonds is 3. The van der Waals surface area contributed by atoms with Gasteiger partial charge >= 0.3 is 0 Å². The molecule has 2 aromatic carbocycles. The molecule has 3 rings (SSSR count). The first-order valence-electron chi connectivity index (χ1n) is 6.33. The molecule has 1 atom stereocenters. The summed E-state index contributed by atoms with van der Waals surface area (Å²) in [5.41, 5.74) is 1.48. The van der Waals surface area contributed by atoms with Crippen molar-refractivity contribution >= 4 is 29.1 Å². The average molecular weight is 307 g/mol. The summed E-state index contributed by atoms with van der Waals surface area (Å²) >= 11 is 7.41. The Balaban J connectivity index is 1.81. The number of thioether (sulfide) groups is 1. The molecule has 1 heterocycles. The van der Waals surface area contributed by atoms with Crippen LogP contribution in [-0.4, -0.2) is 11.5 Å². The van der Waals surface area contributed by atoms with Crippen LogP contribution >= 0.6 is 23.4 Å². The smallest absolute Gasteiger partial charge is 0.145 e. The zero-order valence-electron chi connectivity index (χ0n) is 10.6. The molecular formula is C16H12ClFOS. The molecule has 0 radical (unpaired) electrons. The molecular weight excluding hydrogens is 295 g/mol. The summed E-state index contributed by atoms with van der Waals surface area (Å²) in [6.07, 6.45) is 0.114. The Kier molecular flexibility index (Phi) is 3.81. The molecule has 4 heteroatoms. The van der Waals surface area contributed by atoms with Crippen LogP contribution in [0.2, 0.25) is 5.02 Å². The second-order valence-corrected chi connectivity index (χ2v) is 6.28. The van der Waals surface area contributed by atoms with Crippen molar-refractivity contribution < 1.29 is 9.18 Å². The average Bonchev–Trinajstić information content (AvgIpc) is 2.86. The Bertz CT molecular complexity index is 671. The fourth-order valence-electron chi connectivity index (χ4n) is 2.41. The number of hydrogen-bond acceptors (Lipinski definition) is 2. The fraction of sp³-hybridized carbons (Fsp3) is 0.188. The van der Waals surface area contributed by atoms with E-state index < -0.39 is 5.82 Å². The summed E-state index contributed by atoms with van der Waals surface area (Å²) in [5, 5.41) is 0.348. The van der Waals surface area contributed by atoms with Gasteiger partial charge in [-0.1, -0.05) is 35.9 Å². The number of halogens is 2. The lowest BCUT2D eigenvalue weighted by atomic mass is 9.93. The van der Waals surface area contributed by atoms with Crippen LogP contribution < -0.4 is 0 Å². The SMILES string of the molecule is O=C(Cc1ccc(Cl)cc1F)C1CSc2ccccc21. The second-order valence-electron chi connectivity index (χ2n) is 4.78. The molecule has 1 nitrogen and oxygen atoms in total. The zero-order chi connectivity index (χ0) is 14.1. The number of fused-ring (bicyclic) bond motifs is 1. The van der Waals surface area contributed by atoms with Gasteiger partial charge in [0.25, 0.3) is 0 Å². The van der Waals surface area contributed by atoms with Crippen molar-refractivity contribution in [1.29, 1.82) is 0 Å². The van der Waals surface area contributed by atoms with Gasteiger partial charge in [-0.15, -0.1) is 11.8 Å². The van der Waals surface area contributed by atoms with Gasteiger partial charge in [0, 0.05) is 22.1 Å². The van der Waals surface area contributed by atoms with E-state index in [-0.39, 0.29) is 18.1 Å². The Morgan fingerprint density at radius 1 is 1.30 bits per heavy atom. The summed E-state index contributed by atoms with van der Waals surface area (Å²) in [7, 11) is 0. The van der Waals surface area contributed by atoms with E-state index in [1.165, 1.54) is 6.07 Å². The maximum absolute atomic E-state index is 13.8. The van der Waals surface area contributed by atoms with Crippen molar-refractivity contribution in [2.45, 2.75) is 17.2 Å². The number of benzene rings is 2. The third kappa shape index (κ3) is 2.60. The molecule has 102 valence electrons. The van der Waals surface area contributed by atoms with E-state index >= 15 is 0 Å². The van der Waals surface area contributed by atoms with Crippen LogP contribution in [0.4, 0.5) is 4.39 Å². The van der Waals surface area contributed by atoms with Crippen LogP contribution in [0, 0.1) is 5.82 Å². The highest BCUT2D eigenvalue weighted by Gasteiger charge is 2.29. The summed E-state index contributed by atoms with van der Waals surface area (Å²) in [5.74, 6) is 0.257. The van der Waals surface area contributed by atoms with E-state index in [0.29, 0.717) is 10.6 Å². The van der Waals surface area contributed by atoms with Gasteiger partial charge in [-0.3, -0.25) is 4.79 Å². The third-order valence-electron chi connectivity index (χ3n) is 3.47. The molecule has 1 aliphatic rings. The van der Waals surface area contributed by atoms with Crippen molar-refractivity contribution in [2.75, 3.05) is 5.75 Å². The number of Topliss-reactive ketones (excluding diaryl/α,β-unsaturated/α-hetero) is 1. The molecule has 0 amide bonds. The van der Waals surface area contributed by atoms with E-state index in [1.54, 1.807) is 23.9 Å². The molecule has 0 N–H and O–H groups in total.